The second-order valence-electron chi connectivity index (χ2n) is 12.7. The summed E-state index contributed by atoms with van der Waals surface area (Å²) in [6.07, 6.45) is -3.73. The van der Waals surface area contributed by atoms with Crippen LogP contribution in [0.5, 0.6) is 0 Å². The minimum Gasteiger partial charge on any atom is -0.322 e. The molecule has 0 saturated carbocycles. The van der Waals surface area contributed by atoms with E-state index in [4.69, 9.17) is 0 Å². The third-order valence-corrected chi connectivity index (χ3v) is 10.7. The highest BCUT2D eigenvalue weighted by Crippen LogP contribution is 2.33. The second kappa shape index (κ2) is 15.9. The SMILES string of the molecule is O=C(Nc1cccc(C(F)(F)F)c1)C(=Cc1cn(-c2ccccc2)nc1-c1cccc(S(=O)(=O)N2CCCCCC2)c1)C(=O)Nc1cccc(C(F)(F)F)c1. The number of halogens is 6. The van der Waals surface area contributed by atoms with E-state index < -0.39 is 50.9 Å². The van der Waals surface area contributed by atoms with Gasteiger partial charge in [-0.1, -0.05) is 55.3 Å². The molecule has 5 aromatic rings. The number of hydrogen-bond donors (Lipinski definition) is 2. The lowest BCUT2D eigenvalue weighted by atomic mass is 10.0. The highest BCUT2D eigenvalue weighted by Gasteiger charge is 2.32. The molecular weight excluding hydrogens is 749 g/mol. The summed E-state index contributed by atoms with van der Waals surface area (Å²) in [5, 5.41) is 9.24. The molecule has 286 valence electrons. The van der Waals surface area contributed by atoms with Gasteiger partial charge in [0.25, 0.3) is 11.8 Å². The molecule has 4 aromatic carbocycles. The summed E-state index contributed by atoms with van der Waals surface area (Å²) < 4.78 is 111. The molecule has 0 unspecified atom stereocenters. The normalized spacial score (nSPS) is 14.1. The number of nitrogens with zero attached hydrogens (tertiary/aromatic N) is 3. The standard InChI is InChI=1S/C39H33F6N5O4S/c40-38(41,42)28-12-9-14-30(23-28)46-36(51)34(37(52)47-31-15-10-13-29(24-31)39(43,44)45)22-27-25-50(32-16-4-3-5-17-32)48-35(27)26-11-8-18-33(21-26)55(53,54)49-19-6-1-2-7-20-49/h3-5,8-18,21-25H,1-2,6-7,19-20H2,(H,46,51)(H,47,52). The lowest BCUT2D eigenvalue weighted by Crippen LogP contribution is -2.31. The van der Waals surface area contributed by atoms with Gasteiger partial charge in [-0.3, -0.25) is 9.59 Å². The van der Waals surface area contributed by atoms with Crippen LogP contribution in [0.3, 0.4) is 0 Å². The Morgan fingerprint density at radius 2 is 1.22 bits per heavy atom. The number of sulfonamides is 1. The Bertz CT molecular complexity index is 2260. The zero-order valence-corrected chi connectivity index (χ0v) is 29.7. The van der Waals surface area contributed by atoms with Gasteiger partial charge in [0.05, 0.1) is 21.7 Å². The summed E-state index contributed by atoms with van der Waals surface area (Å²) in [4.78, 5) is 27.7. The van der Waals surface area contributed by atoms with Gasteiger partial charge in [0.1, 0.15) is 11.3 Å². The quantitative estimate of drug-likeness (QED) is 0.0672. The molecule has 1 saturated heterocycles. The molecule has 1 fully saturated rings. The van der Waals surface area contributed by atoms with Crippen molar-refractivity contribution in [1.82, 2.24) is 14.1 Å². The second-order valence-corrected chi connectivity index (χ2v) is 14.6. The van der Waals surface area contributed by atoms with E-state index in [-0.39, 0.29) is 33.1 Å². The van der Waals surface area contributed by atoms with Crippen molar-refractivity contribution in [2.75, 3.05) is 23.7 Å². The predicted octanol–water partition coefficient (Wildman–Crippen LogP) is 8.80. The smallest absolute Gasteiger partial charge is 0.322 e. The van der Waals surface area contributed by atoms with Crippen LogP contribution < -0.4 is 10.6 Å². The zero-order valence-electron chi connectivity index (χ0n) is 28.9. The lowest BCUT2D eigenvalue weighted by molar-refractivity contribution is -0.138. The fourth-order valence-electron chi connectivity index (χ4n) is 6.00. The number of para-hydroxylation sites is 1. The molecule has 0 aliphatic carbocycles. The molecule has 9 nitrogen and oxygen atoms in total. The predicted molar refractivity (Wildman–Crippen MR) is 194 cm³/mol. The molecule has 1 aliphatic heterocycles. The average Bonchev–Trinajstić information content (AvgIpc) is 3.37. The van der Waals surface area contributed by atoms with Gasteiger partial charge in [-0.05, 0) is 79.6 Å². The van der Waals surface area contributed by atoms with Crippen LogP contribution in [0.1, 0.15) is 42.4 Å². The van der Waals surface area contributed by atoms with Crippen molar-refractivity contribution in [2.24, 2.45) is 0 Å². The lowest BCUT2D eigenvalue weighted by Gasteiger charge is -2.20. The van der Waals surface area contributed by atoms with Crippen LogP contribution in [0.15, 0.2) is 120 Å². The van der Waals surface area contributed by atoms with Gasteiger partial charge < -0.3 is 10.6 Å². The highest BCUT2D eigenvalue weighted by atomic mass is 32.2. The van der Waals surface area contributed by atoms with Crippen molar-refractivity contribution >= 4 is 39.3 Å². The molecule has 0 bridgehead atoms. The van der Waals surface area contributed by atoms with Crippen LogP contribution in [0.25, 0.3) is 23.0 Å². The van der Waals surface area contributed by atoms with Gasteiger partial charge in [-0.2, -0.15) is 35.7 Å². The maximum Gasteiger partial charge on any atom is 0.416 e. The van der Waals surface area contributed by atoms with E-state index in [1.54, 1.807) is 36.4 Å². The van der Waals surface area contributed by atoms with Gasteiger partial charge >= 0.3 is 12.4 Å². The third kappa shape index (κ3) is 9.32. The van der Waals surface area contributed by atoms with Gasteiger partial charge in [-0.25, -0.2) is 13.1 Å². The number of amides is 2. The summed E-state index contributed by atoms with van der Waals surface area (Å²) in [5.74, 6) is -2.39. The largest absolute Gasteiger partial charge is 0.416 e. The Hall–Kier alpha value is -5.74. The fourth-order valence-corrected chi connectivity index (χ4v) is 7.56. The first kappa shape index (κ1) is 39.0. The number of aromatic nitrogens is 2. The number of alkyl halides is 6. The van der Waals surface area contributed by atoms with E-state index in [1.807, 2.05) is 0 Å². The summed E-state index contributed by atoms with van der Waals surface area (Å²) in [7, 11) is -3.93. The molecule has 1 aromatic heterocycles. The molecular formula is C39H33F6N5O4S. The molecule has 16 heteroatoms. The third-order valence-electron chi connectivity index (χ3n) is 8.76. The number of carbonyl (C=O) groups excluding carboxylic acids is 2. The monoisotopic (exact) mass is 781 g/mol. The summed E-state index contributed by atoms with van der Waals surface area (Å²) in [5.41, 5.74) is -2.45. The number of benzene rings is 4. The molecule has 55 heavy (non-hydrogen) atoms. The molecule has 2 amide bonds. The summed E-state index contributed by atoms with van der Waals surface area (Å²) in [6, 6.07) is 22.0. The van der Waals surface area contributed by atoms with E-state index in [9.17, 15) is 44.3 Å². The molecule has 0 atom stereocenters. The first-order chi connectivity index (χ1) is 26.1. The van der Waals surface area contributed by atoms with E-state index in [2.05, 4.69) is 15.7 Å². The molecule has 6 rings (SSSR count). The van der Waals surface area contributed by atoms with Crippen molar-refractivity contribution in [3.63, 3.8) is 0 Å². The Balaban J connectivity index is 1.47. The van der Waals surface area contributed by atoms with Gasteiger partial charge in [-0.15, -0.1) is 0 Å². The molecule has 1 aliphatic rings. The van der Waals surface area contributed by atoms with Crippen molar-refractivity contribution < 1.29 is 44.3 Å². The number of rotatable bonds is 9. The van der Waals surface area contributed by atoms with Crippen molar-refractivity contribution in [3.05, 3.63) is 132 Å². The van der Waals surface area contributed by atoms with Crippen LogP contribution >= 0.6 is 0 Å². The maximum absolute atomic E-state index is 13.8. The minimum absolute atomic E-state index is 0.0131. The zero-order chi connectivity index (χ0) is 39.4. The molecule has 0 spiro atoms. The number of anilines is 2. The van der Waals surface area contributed by atoms with Crippen LogP contribution in [0.2, 0.25) is 0 Å². The average molecular weight is 782 g/mol. The molecule has 0 radical (unpaired) electrons. The van der Waals surface area contributed by atoms with E-state index in [0.29, 0.717) is 43.8 Å². The number of carbonyl (C=O) groups is 2. The summed E-state index contributed by atoms with van der Waals surface area (Å²) >= 11 is 0. The maximum atomic E-state index is 13.8. The van der Waals surface area contributed by atoms with Crippen LogP contribution in [-0.2, 0) is 32.0 Å². The van der Waals surface area contributed by atoms with E-state index in [1.165, 1.54) is 45.5 Å². The Morgan fingerprint density at radius 3 is 1.76 bits per heavy atom. The molecule has 2 heterocycles. The highest BCUT2D eigenvalue weighted by molar-refractivity contribution is 7.89. The number of hydrogen-bond acceptors (Lipinski definition) is 5. The molecule has 2 N–H and O–H groups in total. The topological polar surface area (TPSA) is 113 Å². The van der Waals surface area contributed by atoms with Crippen molar-refractivity contribution in [3.8, 4) is 16.9 Å². The van der Waals surface area contributed by atoms with Crippen LogP contribution in [-0.4, -0.2) is 47.4 Å². The Morgan fingerprint density at radius 1 is 0.673 bits per heavy atom. The number of nitrogens with one attached hydrogen (secondary N) is 2. The first-order valence-electron chi connectivity index (χ1n) is 17.0. The van der Waals surface area contributed by atoms with Crippen molar-refractivity contribution in [2.45, 2.75) is 42.9 Å². The van der Waals surface area contributed by atoms with E-state index in [0.717, 1.165) is 43.2 Å². The van der Waals surface area contributed by atoms with Crippen LogP contribution in [0.4, 0.5) is 37.7 Å². The van der Waals surface area contributed by atoms with E-state index >= 15 is 0 Å². The van der Waals surface area contributed by atoms with Gasteiger partial charge in [0, 0.05) is 41.8 Å². The Labute approximate surface area is 312 Å². The first-order valence-corrected chi connectivity index (χ1v) is 18.5. The van der Waals surface area contributed by atoms with Gasteiger partial charge in [0.2, 0.25) is 10.0 Å². The van der Waals surface area contributed by atoms with Crippen LogP contribution in [0, 0.1) is 0 Å². The Kier molecular flexibility index (Phi) is 11.3. The fraction of sp³-hybridized carbons (Fsp3) is 0.205. The van der Waals surface area contributed by atoms with Gasteiger partial charge in [0.15, 0.2) is 0 Å². The minimum atomic E-state index is -4.75. The summed E-state index contributed by atoms with van der Waals surface area (Å²) in [6.45, 7) is 0.711. The van der Waals surface area contributed by atoms with Crippen molar-refractivity contribution in [1.29, 1.82) is 0 Å².